The molecule has 0 aliphatic carbocycles. The van der Waals surface area contributed by atoms with E-state index in [1.807, 2.05) is 12.1 Å². The molecule has 0 radical (unpaired) electrons. The number of anilines is 1. The highest BCUT2D eigenvalue weighted by Gasteiger charge is 2.09. The zero-order valence-corrected chi connectivity index (χ0v) is 15.3. The van der Waals surface area contributed by atoms with Gasteiger partial charge in [0.05, 0.1) is 14.2 Å². The number of ether oxygens (including phenoxy) is 2. The van der Waals surface area contributed by atoms with E-state index in [1.54, 1.807) is 14.2 Å². The van der Waals surface area contributed by atoms with Gasteiger partial charge in [0.15, 0.2) is 11.5 Å². The summed E-state index contributed by atoms with van der Waals surface area (Å²) in [5.74, 6) is 1.44. The van der Waals surface area contributed by atoms with Crippen molar-refractivity contribution in [2.75, 3.05) is 19.5 Å². The Morgan fingerprint density at radius 1 is 0.952 bits per heavy atom. The molecule has 112 valence electrons. The lowest BCUT2D eigenvalue weighted by Crippen LogP contribution is -2.02. The van der Waals surface area contributed by atoms with Crippen molar-refractivity contribution in [3.05, 3.63) is 50.4 Å². The van der Waals surface area contributed by atoms with Crippen LogP contribution in [0.1, 0.15) is 11.1 Å². The summed E-state index contributed by atoms with van der Waals surface area (Å²) in [6.07, 6.45) is 0. The number of hydrogen-bond donors (Lipinski definition) is 1. The maximum atomic E-state index is 5.34. The maximum absolute atomic E-state index is 5.34. The van der Waals surface area contributed by atoms with Crippen molar-refractivity contribution in [1.29, 1.82) is 0 Å². The first-order valence-electron chi connectivity index (χ1n) is 6.45. The Labute approximate surface area is 141 Å². The second kappa shape index (κ2) is 7.18. The molecule has 0 saturated heterocycles. The predicted molar refractivity (Wildman–Crippen MR) is 93.5 cm³/mol. The van der Waals surface area contributed by atoms with Crippen molar-refractivity contribution in [1.82, 2.24) is 0 Å². The van der Waals surface area contributed by atoms with Crippen molar-refractivity contribution in [3.63, 3.8) is 0 Å². The molecule has 2 aromatic carbocycles. The monoisotopic (exact) mass is 413 g/mol. The number of aryl methyl sites for hydroxylation is 1. The first-order valence-corrected chi connectivity index (χ1v) is 8.04. The fraction of sp³-hybridized carbons (Fsp3) is 0.250. The van der Waals surface area contributed by atoms with Crippen molar-refractivity contribution in [2.45, 2.75) is 13.5 Å². The van der Waals surface area contributed by atoms with Crippen molar-refractivity contribution < 1.29 is 9.47 Å². The van der Waals surface area contributed by atoms with Gasteiger partial charge in [-0.2, -0.15) is 0 Å². The number of halogens is 2. The SMILES string of the molecule is COc1cc(Br)c(CNc2ccc(C)c(Br)c2)cc1OC. The topological polar surface area (TPSA) is 30.5 Å². The largest absolute Gasteiger partial charge is 0.493 e. The predicted octanol–water partition coefficient (Wildman–Crippen LogP) is 5.15. The number of benzene rings is 2. The lowest BCUT2D eigenvalue weighted by atomic mass is 10.2. The number of methoxy groups -OCH3 is 2. The van der Waals surface area contributed by atoms with Crippen LogP contribution in [0.5, 0.6) is 11.5 Å². The quantitative estimate of drug-likeness (QED) is 0.733. The summed E-state index contributed by atoms with van der Waals surface area (Å²) < 4.78 is 12.7. The highest BCUT2D eigenvalue weighted by atomic mass is 79.9. The van der Waals surface area contributed by atoms with Gasteiger partial charge in [0.25, 0.3) is 0 Å². The van der Waals surface area contributed by atoms with Crippen molar-refractivity contribution in [2.24, 2.45) is 0 Å². The molecular weight excluding hydrogens is 398 g/mol. The average molecular weight is 415 g/mol. The van der Waals surface area contributed by atoms with Crippen LogP contribution >= 0.6 is 31.9 Å². The Hall–Kier alpha value is -1.20. The molecule has 3 nitrogen and oxygen atoms in total. The van der Waals surface area contributed by atoms with E-state index in [9.17, 15) is 0 Å². The van der Waals surface area contributed by atoms with Crippen LogP contribution in [0, 0.1) is 6.92 Å². The molecule has 0 bridgehead atoms. The number of hydrogen-bond acceptors (Lipinski definition) is 3. The maximum Gasteiger partial charge on any atom is 0.161 e. The molecule has 21 heavy (non-hydrogen) atoms. The van der Waals surface area contributed by atoms with Crippen LogP contribution in [-0.4, -0.2) is 14.2 Å². The Morgan fingerprint density at radius 2 is 1.62 bits per heavy atom. The minimum absolute atomic E-state index is 0.691. The van der Waals surface area contributed by atoms with Crippen LogP contribution in [0.3, 0.4) is 0 Å². The second-order valence-corrected chi connectivity index (χ2v) is 6.32. The van der Waals surface area contributed by atoms with E-state index in [0.29, 0.717) is 12.3 Å². The first-order chi connectivity index (χ1) is 10.0. The highest BCUT2D eigenvalue weighted by Crippen LogP contribution is 2.33. The molecule has 1 N–H and O–H groups in total. The number of rotatable bonds is 5. The van der Waals surface area contributed by atoms with E-state index in [4.69, 9.17) is 9.47 Å². The minimum atomic E-state index is 0.691. The molecule has 0 aromatic heterocycles. The third kappa shape index (κ3) is 3.92. The summed E-state index contributed by atoms with van der Waals surface area (Å²) >= 11 is 7.11. The van der Waals surface area contributed by atoms with Crippen LogP contribution in [-0.2, 0) is 6.54 Å². The zero-order chi connectivity index (χ0) is 15.4. The van der Waals surface area contributed by atoms with Crippen molar-refractivity contribution >= 4 is 37.5 Å². The summed E-state index contributed by atoms with van der Waals surface area (Å²) in [6.45, 7) is 2.76. The van der Waals surface area contributed by atoms with Crippen molar-refractivity contribution in [3.8, 4) is 11.5 Å². The van der Waals surface area contributed by atoms with E-state index in [2.05, 4.69) is 62.3 Å². The molecule has 0 fully saturated rings. The van der Waals surface area contributed by atoms with E-state index >= 15 is 0 Å². The van der Waals surface area contributed by atoms with Gasteiger partial charge in [-0.1, -0.05) is 37.9 Å². The van der Waals surface area contributed by atoms with Crippen LogP contribution in [0.25, 0.3) is 0 Å². The van der Waals surface area contributed by atoms with E-state index in [0.717, 1.165) is 25.9 Å². The third-order valence-electron chi connectivity index (χ3n) is 3.21. The van der Waals surface area contributed by atoms with Crippen LogP contribution in [0.2, 0.25) is 0 Å². The fourth-order valence-corrected chi connectivity index (χ4v) is 2.77. The number of nitrogens with one attached hydrogen (secondary N) is 1. The molecule has 0 spiro atoms. The van der Waals surface area contributed by atoms with Gasteiger partial charge in [-0.15, -0.1) is 0 Å². The van der Waals surface area contributed by atoms with Gasteiger partial charge < -0.3 is 14.8 Å². The summed E-state index contributed by atoms with van der Waals surface area (Å²) in [4.78, 5) is 0. The molecule has 2 aromatic rings. The Kier molecular flexibility index (Phi) is 5.53. The minimum Gasteiger partial charge on any atom is -0.493 e. The van der Waals surface area contributed by atoms with Crippen LogP contribution in [0.15, 0.2) is 39.3 Å². The molecular formula is C16H17Br2NO2. The van der Waals surface area contributed by atoms with Gasteiger partial charge in [0, 0.05) is 21.2 Å². The van der Waals surface area contributed by atoms with Gasteiger partial charge in [0.1, 0.15) is 0 Å². The molecule has 2 rings (SSSR count). The standard InChI is InChI=1S/C16H17Br2NO2/c1-10-4-5-12(7-13(10)17)19-9-11-6-15(20-2)16(21-3)8-14(11)18/h4-8,19H,9H2,1-3H3. The smallest absolute Gasteiger partial charge is 0.161 e. The molecule has 0 amide bonds. The summed E-state index contributed by atoms with van der Waals surface area (Å²) in [6, 6.07) is 10.1. The molecule has 0 aliphatic heterocycles. The first kappa shape index (κ1) is 16.2. The van der Waals surface area contributed by atoms with E-state index in [1.165, 1.54) is 5.56 Å². The molecule has 0 aliphatic rings. The summed E-state index contributed by atoms with van der Waals surface area (Å²) in [5.41, 5.74) is 3.38. The average Bonchev–Trinajstić information content (AvgIpc) is 2.49. The summed E-state index contributed by atoms with van der Waals surface area (Å²) in [7, 11) is 3.27. The third-order valence-corrected chi connectivity index (χ3v) is 4.80. The molecule has 0 saturated carbocycles. The summed E-state index contributed by atoms with van der Waals surface area (Å²) in [5, 5.41) is 3.40. The van der Waals surface area contributed by atoms with Gasteiger partial charge >= 0.3 is 0 Å². The van der Waals surface area contributed by atoms with Crippen LogP contribution < -0.4 is 14.8 Å². The second-order valence-electron chi connectivity index (χ2n) is 4.62. The zero-order valence-electron chi connectivity index (χ0n) is 12.2. The van der Waals surface area contributed by atoms with Gasteiger partial charge in [-0.25, -0.2) is 0 Å². The van der Waals surface area contributed by atoms with Gasteiger partial charge in [-0.3, -0.25) is 0 Å². The normalized spacial score (nSPS) is 10.3. The van der Waals surface area contributed by atoms with Gasteiger partial charge in [-0.05, 0) is 42.3 Å². The van der Waals surface area contributed by atoms with Crippen LogP contribution in [0.4, 0.5) is 5.69 Å². The molecule has 0 unspecified atom stereocenters. The Bertz CT molecular complexity index is 644. The van der Waals surface area contributed by atoms with E-state index in [-0.39, 0.29) is 0 Å². The molecule has 0 atom stereocenters. The lowest BCUT2D eigenvalue weighted by molar-refractivity contribution is 0.354. The fourth-order valence-electron chi connectivity index (χ4n) is 1.93. The highest BCUT2D eigenvalue weighted by molar-refractivity contribution is 9.10. The Balaban J connectivity index is 2.17. The van der Waals surface area contributed by atoms with Gasteiger partial charge in [0.2, 0.25) is 0 Å². The Morgan fingerprint density at radius 3 is 2.24 bits per heavy atom. The molecule has 0 heterocycles. The lowest BCUT2D eigenvalue weighted by Gasteiger charge is -2.13. The molecule has 5 heteroatoms. The van der Waals surface area contributed by atoms with E-state index < -0.39 is 0 Å².